The zero-order valence-electron chi connectivity index (χ0n) is 11.9. The van der Waals surface area contributed by atoms with Gasteiger partial charge in [0.15, 0.2) is 0 Å². The van der Waals surface area contributed by atoms with Crippen LogP contribution in [0.3, 0.4) is 0 Å². The van der Waals surface area contributed by atoms with E-state index in [9.17, 15) is 0 Å². The van der Waals surface area contributed by atoms with Gasteiger partial charge in [-0.25, -0.2) is 4.68 Å². The Balaban J connectivity index is 1.76. The molecule has 0 radical (unpaired) electrons. The molecule has 5 nitrogen and oxygen atoms in total. The lowest BCUT2D eigenvalue weighted by molar-refractivity contribution is 0.289. The lowest BCUT2D eigenvalue weighted by atomic mass is 10.3. The van der Waals surface area contributed by atoms with Crippen molar-refractivity contribution < 1.29 is 4.74 Å². The monoisotopic (exact) mass is 328 g/mol. The van der Waals surface area contributed by atoms with Crippen molar-refractivity contribution in [2.75, 3.05) is 13.2 Å². The van der Waals surface area contributed by atoms with E-state index in [2.05, 4.69) is 22.6 Å². The molecule has 0 spiro atoms. The number of benzene rings is 1. The molecule has 1 heterocycles. The highest BCUT2D eigenvalue weighted by molar-refractivity contribution is 6.42. The molecule has 0 saturated heterocycles. The molecule has 0 saturated carbocycles. The lowest BCUT2D eigenvalue weighted by Gasteiger charge is -2.06. The van der Waals surface area contributed by atoms with Crippen LogP contribution in [0.5, 0.6) is 5.75 Å². The summed E-state index contributed by atoms with van der Waals surface area (Å²) >= 11 is 11.8. The van der Waals surface area contributed by atoms with Gasteiger partial charge in [0.05, 0.1) is 22.3 Å². The van der Waals surface area contributed by atoms with Crippen LogP contribution in [0, 0.1) is 0 Å². The van der Waals surface area contributed by atoms with Gasteiger partial charge in [0.1, 0.15) is 12.4 Å². The first kappa shape index (κ1) is 16.1. The number of aromatic nitrogens is 3. The maximum atomic E-state index is 5.93. The summed E-state index contributed by atoms with van der Waals surface area (Å²) < 4.78 is 7.37. The summed E-state index contributed by atoms with van der Waals surface area (Å²) in [5.74, 6) is 0.689. The molecule has 0 aliphatic carbocycles. The third kappa shape index (κ3) is 5.19. The second kappa shape index (κ2) is 8.22. The zero-order chi connectivity index (χ0) is 15.1. The van der Waals surface area contributed by atoms with Crippen molar-refractivity contribution in [2.45, 2.75) is 26.4 Å². The van der Waals surface area contributed by atoms with Gasteiger partial charge in [-0.3, -0.25) is 0 Å². The van der Waals surface area contributed by atoms with Crippen LogP contribution in [0.4, 0.5) is 0 Å². The molecule has 114 valence electrons. The van der Waals surface area contributed by atoms with E-state index in [1.807, 2.05) is 6.20 Å². The number of nitrogens with one attached hydrogen (secondary N) is 1. The van der Waals surface area contributed by atoms with Crippen LogP contribution >= 0.6 is 23.2 Å². The SMILES string of the molecule is CCCNCc1cn(CCOc2ccc(Cl)c(Cl)c2)nn1. The molecule has 2 aromatic rings. The first-order valence-corrected chi connectivity index (χ1v) is 7.62. The van der Waals surface area contributed by atoms with Crippen molar-refractivity contribution in [1.29, 1.82) is 0 Å². The van der Waals surface area contributed by atoms with Crippen LogP contribution in [0.1, 0.15) is 19.0 Å². The van der Waals surface area contributed by atoms with Gasteiger partial charge in [-0.1, -0.05) is 35.3 Å². The summed E-state index contributed by atoms with van der Waals surface area (Å²) in [6, 6.07) is 5.20. The van der Waals surface area contributed by atoms with Gasteiger partial charge in [0.25, 0.3) is 0 Å². The van der Waals surface area contributed by atoms with Crippen molar-refractivity contribution in [3.63, 3.8) is 0 Å². The number of nitrogens with zero attached hydrogens (tertiary/aromatic N) is 3. The topological polar surface area (TPSA) is 52.0 Å². The van der Waals surface area contributed by atoms with Crippen LogP contribution < -0.4 is 10.1 Å². The summed E-state index contributed by atoms with van der Waals surface area (Å²) in [4.78, 5) is 0. The third-order valence-corrected chi connectivity index (χ3v) is 3.54. The summed E-state index contributed by atoms with van der Waals surface area (Å²) in [6.07, 6.45) is 3.02. The minimum absolute atomic E-state index is 0.485. The van der Waals surface area contributed by atoms with Gasteiger partial charge in [0, 0.05) is 18.8 Å². The second-order valence-corrected chi connectivity index (χ2v) is 5.39. The van der Waals surface area contributed by atoms with Gasteiger partial charge < -0.3 is 10.1 Å². The van der Waals surface area contributed by atoms with Crippen LogP contribution in [-0.2, 0) is 13.1 Å². The fraction of sp³-hybridized carbons (Fsp3) is 0.429. The molecule has 1 aromatic carbocycles. The van der Waals surface area contributed by atoms with Crippen LogP contribution in [0.2, 0.25) is 10.0 Å². The molecule has 7 heteroatoms. The highest BCUT2D eigenvalue weighted by atomic mass is 35.5. The van der Waals surface area contributed by atoms with Gasteiger partial charge in [-0.15, -0.1) is 5.10 Å². The van der Waals surface area contributed by atoms with Crippen molar-refractivity contribution in [2.24, 2.45) is 0 Å². The van der Waals surface area contributed by atoms with E-state index in [1.54, 1.807) is 22.9 Å². The Kier molecular flexibility index (Phi) is 6.29. The Bertz CT molecular complexity index is 574. The average Bonchev–Trinajstić information content (AvgIpc) is 2.91. The van der Waals surface area contributed by atoms with E-state index in [0.717, 1.165) is 25.2 Å². The Morgan fingerprint density at radius 2 is 2.14 bits per heavy atom. The van der Waals surface area contributed by atoms with Gasteiger partial charge in [0.2, 0.25) is 0 Å². The number of ether oxygens (including phenoxy) is 1. The molecule has 0 amide bonds. The molecule has 0 aliphatic heterocycles. The van der Waals surface area contributed by atoms with E-state index in [0.29, 0.717) is 28.9 Å². The minimum atomic E-state index is 0.485. The standard InChI is InChI=1S/C14H18Cl2N4O/c1-2-5-17-9-11-10-20(19-18-11)6-7-21-12-3-4-13(15)14(16)8-12/h3-4,8,10,17H,2,5-7,9H2,1H3. The van der Waals surface area contributed by atoms with Crippen LogP contribution in [0.25, 0.3) is 0 Å². The molecule has 0 fully saturated rings. The minimum Gasteiger partial charge on any atom is -0.492 e. The van der Waals surface area contributed by atoms with Crippen LogP contribution in [-0.4, -0.2) is 28.1 Å². The molecule has 0 bridgehead atoms. The quantitative estimate of drug-likeness (QED) is 0.756. The molecule has 0 aliphatic rings. The molecular formula is C14H18Cl2N4O. The van der Waals surface area contributed by atoms with E-state index < -0.39 is 0 Å². The molecule has 0 unspecified atom stereocenters. The molecule has 1 N–H and O–H groups in total. The largest absolute Gasteiger partial charge is 0.492 e. The highest BCUT2D eigenvalue weighted by Gasteiger charge is 2.02. The van der Waals surface area contributed by atoms with Gasteiger partial charge in [-0.05, 0) is 25.1 Å². The van der Waals surface area contributed by atoms with Crippen molar-refractivity contribution >= 4 is 23.2 Å². The average molecular weight is 329 g/mol. The highest BCUT2D eigenvalue weighted by Crippen LogP contribution is 2.26. The first-order valence-electron chi connectivity index (χ1n) is 6.86. The number of hydrogen-bond acceptors (Lipinski definition) is 4. The van der Waals surface area contributed by atoms with E-state index in [1.165, 1.54) is 0 Å². The normalized spacial score (nSPS) is 10.8. The summed E-state index contributed by atoms with van der Waals surface area (Å²) in [5.41, 5.74) is 0.929. The Morgan fingerprint density at radius 3 is 2.90 bits per heavy atom. The maximum absolute atomic E-state index is 5.93. The van der Waals surface area contributed by atoms with Gasteiger partial charge in [-0.2, -0.15) is 0 Å². The molecular weight excluding hydrogens is 311 g/mol. The maximum Gasteiger partial charge on any atom is 0.120 e. The fourth-order valence-corrected chi connectivity index (χ4v) is 2.03. The van der Waals surface area contributed by atoms with Crippen LogP contribution in [0.15, 0.2) is 24.4 Å². The number of hydrogen-bond donors (Lipinski definition) is 1. The predicted octanol–water partition coefficient (Wildman–Crippen LogP) is 3.16. The van der Waals surface area contributed by atoms with Gasteiger partial charge >= 0.3 is 0 Å². The Hall–Kier alpha value is -1.30. The van der Waals surface area contributed by atoms with E-state index in [4.69, 9.17) is 27.9 Å². The van der Waals surface area contributed by atoms with Crippen molar-refractivity contribution in [3.05, 3.63) is 40.1 Å². The molecule has 1 aromatic heterocycles. The smallest absolute Gasteiger partial charge is 0.120 e. The Labute approximate surface area is 134 Å². The fourth-order valence-electron chi connectivity index (χ4n) is 1.75. The van der Waals surface area contributed by atoms with E-state index >= 15 is 0 Å². The van der Waals surface area contributed by atoms with E-state index in [-0.39, 0.29) is 0 Å². The lowest BCUT2D eigenvalue weighted by Crippen LogP contribution is -2.14. The molecule has 21 heavy (non-hydrogen) atoms. The number of halogens is 2. The van der Waals surface area contributed by atoms with Crippen molar-refractivity contribution in [1.82, 2.24) is 20.3 Å². The summed E-state index contributed by atoms with van der Waals surface area (Å²) in [5, 5.41) is 12.4. The molecule has 0 atom stereocenters. The second-order valence-electron chi connectivity index (χ2n) is 4.57. The summed E-state index contributed by atoms with van der Waals surface area (Å²) in [6.45, 7) is 4.96. The third-order valence-electron chi connectivity index (χ3n) is 2.80. The van der Waals surface area contributed by atoms with Crippen molar-refractivity contribution in [3.8, 4) is 5.75 Å². The predicted molar refractivity (Wildman–Crippen MR) is 84.0 cm³/mol. The summed E-state index contributed by atoms with van der Waals surface area (Å²) in [7, 11) is 0. The first-order chi connectivity index (χ1) is 10.2. The number of rotatable bonds is 8. The zero-order valence-corrected chi connectivity index (χ0v) is 13.4. The Morgan fingerprint density at radius 1 is 1.29 bits per heavy atom. The molecule has 2 rings (SSSR count).